The molecule has 1 aliphatic heterocycles. The summed E-state index contributed by atoms with van der Waals surface area (Å²) >= 11 is 0. The van der Waals surface area contributed by atoms with E-state index < -0.39 is 0 Å². The second kappa shape index (κ2) is 7.64. The van der Waals surface area contributed by atoms with Gasteiger partial charge in [-0.25, -0.2) is 0 Å². The van der Waals surface area contributed by atoms with E-state index in [1.54, 1.807) is 11.8 Å². The molecule has 0 saturated carbocycles. The third kappa shape index (κ3) is 4.07. The van der Waals surface area contributed by atoms with Crippen LogP contribution in [0.25, 0.3) is 0 Å². The summed E-state index contributed by atoms with van der Waals surface area (Å²) in [5.41, 5.74) is 3.40. The Labute approximate surface area is 153 Å². The quantitative estimate of drug-likeness (QED) is 0.841. The molecule has 26 heavy (non-hydrogen) atoms. The Morgan fingerprint density at radius 1 is 1.08 bits per heavy atom. The van der Waals surface area contributed by atoms with Gasteiger partial charge in [0, 0.05) is 37.9 Å². The molecule has 0 radical (unpaired) electrons. The van der Waals surface area contributed by atoms with Gasteiger partial charge < -0.3 is 19.0 Å². The standard InChI is InChI=1S/C20H24N2O4/c1-14-10-15(2)12-17(11-14)21-5-7-22(8-6-21)19(24)13-26-20-16(3)25-9-4-18(20)23/h4,9-12H,5-8,13H2,1-3H3. The van der Waals surface area contributed by atoms with Gasteiger partial charge in [-0.3, -0.25) is 9.59 Å². The van der Waals surface area contributed by atoms with Crippen molar-refractivity contribution >= 4 is 11.6 Å². The molecule has 1 saturated heterocycles. The number of amides is 1. The molecule has 2 heterocycles. The second-order valence-electron chi connectivity index (χ2n) is 6.67. The normalized spacial score (nSPS) is 14.4. The maximum Gasteiger partial charge on any atom is 0.260 e. The van der Waals surface area contributed by atoms with Crippen molar-refractivity contribution in [3.63, 3.8) is 0 Å². The van der Waals surface area contributed by atoms with Crippen LogP contribution in [0.4, 0.5) is 5.69 Å². The van der Waals surface area contributed by atoms with E-state index in [-0.39, 0.29) is 23.7 Å². The molecule has 1 fully saturated rings. The van der Waals surface area contributed by atoms with Crippen molar-refractivity contribution in [1.29, 1.82) is 0 Å². The highest BCUT2D eigenvalue weighted by Crippen LogP contribution is 2.20. The van der Waals surface area contributed by atoms with Crippen molar-refractivity contribution in [1.82, 2.24) is 4.90 Å². The minimum Gasteiger partial charge on any atom is -0.476 e. The van der Waals surface area contributed by atoms with Gasteiger partial charge in [0.15, 0.2) is 6.61 Å². The van der Waals surface area contributed by atoms with Gasteiger partial charge in [-0.15, -0.1) is 0 Å². The van der Waals surface area contributed by atoms with E-state index in [2.05, 4.69) is 36.9 Å². The van der Waals surface area contributed by atoms with Crippen LogP contribution in [0.1, 0.15) is 16.9 Å². The molecule has 1 aromatic heterocycles. The predicted molar refractivity (Wildman–Crippen MR) is 99.9 cm³/mol. The average molecular weight is 356 g/mol. The van der Waals surface area contributed by atoms with Gasteiger partial charge in [-0.1, -0.05) is 6.07 Å². The Balaban J connectivity index is 1.56. The molecule has 0 spiro atoms. The van der Waals surface area contributed by atoms with Gasteiger partial charge >= 0.3 is 0 Å². The zero-order valence-corrected chi connectivity index (χ0v) is 15.4. The summed E-state index contributed by atoms with van der Waals surface area (Å²) in [6.07, 6.45) is 1.32. The lowest BCUT2D eigenvalue weighted by Crippen LogP contribution is -2.50. The van der Waals surface area contributed by atoms with E-state index in [9.17, 15) is 9.59 Å². The van der Waals surface area contributed by atoms with Crippen LogP contribution in [0, 0.1) is 20.8 Å². The van der Waals surface area contributed by atoms with Crippen LogP contribution < -0.4 is 15.1 Å². The number of rotatable bonds is 4. The molecule has 1 amide bonds. The van der Waals surface area contributed by atoms with Crippen LogP contribution in [-0.2, 0) is 4.79 Å². The summed E-state index contributed by atoms with van der Waals surface area (Å²) < 4.78 is 10.6. The van der Waals surface area contributed by atoms with Crippen molar-refractivity contribution in [2.24, 2.45) is 0 Å². The van der Waals surface area contributed by atoms with E-state index in [1.807, 2.05) is 0 Å². The van der Waals surface area contributed by atoms with Crippen molar-refractivity contribution in [3.05, 3.63) is 57.6 Å². The Hall–Kier alpha value is -2.76. The second-order valence-corrected chi connectivity index (χ2v) is 6.67. The van der Waals surface area contributed by atoms with Crippen molar-refractivity contribution < 1.29 is 13.9 Å². The third-order valence-electron chi connectivity index (χ3n) is 4.55. The van der Waals surface area contributed by atoms with E-state index in [0.717, 1.165) is 13.1 Å². The van der Waals surface area contributed by atoms with Gasteiger partial charge in [-0.2, -0.15) is 0 Å². The first-order valence-electron chi connectivity index (χ1n) is 8.76. The number of carbonyl (C=O) groups excluding carboxylic acids is 1. The summed E-state index contributed by atoms with van der Waals surface area (Å²) in [5, 5.41) is 0. The number of carbonyl (C=O) groups is 1. The Morgan fingerprint density at radius 2 is 1.73 bits per heavy atom. The number of hydrogen-bond donors (Lipinski definition) is 0. The smallest absolute Gasteiger partial charge is 0.260 e. The summed E-state index contributed by atoms with van der Waals surface area (Å²) in [5.74, 6) is 0.368. The van der Waals surface area contributed by atoms with Gasteiger partial charge in [0.25, 0.3) is 5.91 Å². The minimum atomic E-state index is -0.277. The van der Waals surface area contributed by atoms with Crippen LogP contribution in [0.15, 0.2) is 39.7 Å². The fourth-order valence-electron chi connectivity index (χ4n) is 3.25. The summed E-state index contributed by atoms with van der Waals surface area (Å²) in [6.45, 7) is 8.51. The monoisotopic (exact) mass is 356 g/mol. The Bertz CT molecular complexity index is 831. The van der Waals surface area contributed by atoms with Crippen molar-refractivity contribution in [2.75, 3.05) is 37.7 Å². The van der Waals surface area contributed by atoms with Crippen LogP contribution in [-0.4, -0.2) is 43.6 Å². The highest BCUT2D eigenvalue weighted by Gasteiger charge is 2.22. The number of hydrogen-bond acceptors (Lipinski definition) is 5. The summed E-state index contributed by atoms with van der Waals surface area (Å²) in [4.78, 5) is 28.2. The fraction of sp³-hybridized carbons (Fsp3) is 0.400. The van der Waals surface area contributed by atoms with E-state index in [4.69, 9.17) is 9.15 Å². The molecule has 0 bridgehead atoms. The SMILES string of the molecule is Cc1cc(C)cc(N2CCN(C(=O)COc3c(C)occc3=O)CC2)c1. The lowest BCUT2D eigenvalue weighted by Gasteiger charge is -2.36. The lowest BCUT2D eigenvalue weighted by atomic mass is 10.1. The maximum absolute atomic E-state index is 12.4. The molecule has 2 aromatic rings. The molecule has 0 unspecified atom stereocenters. The molecule has 6 nitrogen and oxygen atoms in total. The topological polar surface area (TPSA) is 63.0 Å². The average Bonchev–Trinajstić information content (AvgIpc) is 2.60. The maximum atomic E-state index is 12.4. The van der Waals surface area contributed by atoms with E-state index >= 15 is 0 Å². The fourth-order valence-corrected chi connectivity index (χ4v) is 3.25. The largest absolute Gasteiger partial charge is 0.476 e. The van der Waals surface area contributed by atoms with Crippen LogP contribution in [0.5, 0.6) is 5.75 Å². The minimum absolute atomic E-state index is 0.106. The summed E-state index contributed by atoms with van der Waals surface area (Å²) in [6, 6.07) is 7.79. The molecule has 0 aliphatic carbocycles. The number of aryl methyl sites for hydroxylation is 3. The van der Waals surface area contributed by atoms with Crippen molar-refractivity contribution in [2.45, 2.75) is 20.8 Å². The Morgan fingerprint density at radius 3 is 2.35 bits per heavy atom. The lowest BCUT2D eigenvalue weighted by molar-refractivity contribution is -0.133. The molecule has 3 rings (SSSR count). The zero-order chi connectivity index (χ0) is 18.7. The number of benzene rings is 1. The third-order valence-corrected chi connectivity index (χ3v) is 4.55. The number of ether oxygens (including phenoxy) is 1. The van der Waals surface area contributed by atoms with E-state index in [1.165, 1.54) is 29.1 Å². The number of piperazine rings is 1. The summed E-state index contributed by atoms with van der Waals surface area (Å²) in [7, 11) is 0. The molecule has 6 heteroatoms. The number of anilines is 1. The first kappa shape index (κ1) is 18.0. The van der Waals surface area contributed by atoms with Crippen LogP contribution >= 0.6 is 0 Å². The van der Waals surface area contributed by atoms with Crippen LogP contribution in [0.3, 0.4) is 0 Å². The molecule has 0 atom stereocenters. The number of nitrogens with zero attached hydrogens (tertiary/aromatic N) is 2. The van der Waals surface area contributed by atoms with Gasteiger partial charge in [0.2, 0.25) is 11.2 Å². The van der Waals surface area contributed by atoms with Gasteiger partial charge in [0.05, 0.1) is 6.26 Å². The molecular formula is C20H24N2O4. The van der Waals surface area contributed by atoms with Crippen LogP contribution in [0.2, 0.25) is 0 Å². The first-order chi connectivity index (χ1) is 12.4. The molecule has 1 aromatic carbocycles. The molecule has 1 aliphatic rings. The Kier molecular flexibility index (Phi) is 5.30. The van der Waals surface area contributed by atoms with Gasteiger partial charge in [0.1, 0.15) is 5.76 Å². The van der Waals surface area contributed by atoms with E-state index in [0.29, 0.717) is 18.8 Å². The van der Waals surface area contributed by atoms with Crippen molar-refractivity contribution in [3.8, 4) is 5.75 Å². The zero-order valence-electron chi connectivity index (χ0n) is 15.4. The molecule has 138 valence electrons. The molecular weight excluding hydrogens is 332 g/mol. The first-order valence-corrected chi connectivity index (χ1v) is 8.76. The molecule has 0 N–H and O–H groups in total. The predicted octanol–water partition coefficient (Wildman–Crippen LogP) is 2.29. The van der Waals surface area contributed by atoms with Gasteiger partial charge in [-0.05, 0) is 44.0 Å². The highest BCUT2D eigenvalue weighted by atomic mass is 16.5. The highest BCUT2D eigenvalue weighted by molar-refractivity contribution is 5.78.